The van der Waals surface area contributed by atoms with Gasteiger partial charge in [-0.2, -0.15) is 0 Å². The first kappa shape index (κ1) is 11.7. The van der Waals surface area contributed by atoms with Crippen LogP contribution in [0, 0.1) is 5.92 Å². The van der Waals surface area contributed by atoms with Crippen molar-refractivity contribution in [3.63, 3.8) is 0 Å². The van der Waals surface area contributed by atoms with E-state index in [9.17, 15) is 0 Å². The predicted molar refractivity (Wildman–Crippen MR) is 53.1 cm³/mol. The van der Waals surface area contributed by atoms with Crippen LogP contribution in [0.2, 0.25) is 0 Å². The minimum atomic E-state index is 0.250. The molecule has 0 aromatic rings. The molecule has 0 bridgehead atoms. The van der Waals surface area contributed by atoms with Crippen molar-refractivity contribution in [3.05, 3.63) is 12.7 Å². The van der Waals surface area contributed by atoms with Gasteiger partial charge < -0.3 is 10.4 Å². The summed E-state index contributed by atoms with van der Waals surface area (Å²) in [5.41, 5.74) is 0. The summed E-state index contributed by atoms with van der Waals surface area (Å²) >= 11 is 0. The molecule has 0 aromatic heterocycles. The maximum absolute atomic E-state index is 8.81. The van der Waals surface area contributed by atoms with Crippen molar-refractivity contribution in [2.24, 2.45) is 5.92 Å². The lowest BCUT2D eigenvalue weighted by Crippen LogP contribution is -2.39. The van der Waals surface area contributed by atoms with Gasteiger partial charge in [0.25, 0.3) is 0 Å². The summed E-state index contributed by atoms with van der Waals surface area (Å²) in [7, 11) is 0. The zero-order valence-electron chi connectivity index (χ0n) is 8.38. The fraction of sp³-hybridized carbons (Fsp3) is 0.800. The second-order valence-corrected chi connectivity index (χ2v) is 3.55. The van der Waals surface area contributed by atoms with Gasteiger partial charge in [-0.3, -0.25) is 0 Å². The molecule has 12 heavy (non-hydrogen) atoms. The number of hydrogen-bond donors (Lipinski definition) is 2. The van der Waals surface area contributed by atoms with Crippen LogP contribution >= 0.6 is 0 Å². The van der Waals surface area contributed by atoms with Gasteiger partial charge in [0.1, 0.15) is 0 Å². The van der Waals surface area contributed by atoms with E-state index in [1.807, 2.05) is 6.08 Å². The van der Waals surface area contributed by atoms with Gasteiger partial charge in [-0.25, -0.2) is 0 Å². The van der Waals surface area contributed by atoms with Crippen molar-refractivity contribution >= 4 is 0 Å². The lowest BCUT2D eigenvalue weighted by atomic mass is 10.0. The molecule has 0 aromatic carbocycles. The van der Waals surface area contributed by atoms with Crippen LogP contribution in [0.4, 0.5) is 0 Å². The van der Waals surface area contributed by atoms with Crippen molar-refractivity contribution in [1.29, 1.82) is 0 Å². The second-order valence-electron chi connectivity index (χ2n) is 3.55. The number of rotatable bonds is 6. The van der Waals surface area contributed by atoms with Crippen LogP contribution in [0.25, 0.3) is 0 Å². The van der Waals surface area contributed by atoms with Gasteiger partial charge >= 0.3 is 0 Å². The molecule has 0 aliphatic heterocycles. The maximum Gasteiger partial charge on any atom is 0.0445 e. The smallest absolute Gasteiger partial charge is 0.0445 e. The Morgan fingerprint density at radius 1 is 1.42 bits per heavy atom. The van der Waals surface area contributed by atoms with Gasteiger partial charge in [-0.1, -0.05) is 19.9 Å². The zero-order chi connectivity index (χ0) is 9.56. The summed E-state index contributed by atoms with van der Waals surface area (Å²) in [6.45, 7) is 10.3. The summed E-state index contributed by atoms with van der Waals surface area (Å²) in [6.07, 6.45) is 2.70. The molecule has 72 valence electrons. The summed E-state index contributed by atoms with van der Waals surface area (Å²) in [5, 5.41) is 12.2. The Kier molecular flexibility index (Phi) is 6.03. The van der Waals surface area contributed by atoms with E-state index in [1.165, 1.54) is 0 Å². The Labute approximate surface area is 75.7 Å². The Balaban J connectivity index is 3.85. The molecule has 0 heterocycles. The Hall–Kier alpha value is -0.340. The first-order valence-electron chi connectivity index (χ1n) is 4.61. The van der Waals surface area contributed by atoms with Crippen molar-refractivity contribution in [1.82, 2.24) is 5.32 Å². The van der Waals surface area contributed by atoms with E-state index in [0.29, 0.717) is 18.0 Å². The summed E-state index contributed by atoms with van der Waals surface area (Å²) in [5.74, 6) is 0.555. The molecule has 0 radical (unpaired) electrons. The lowest BCUT2D eigenvalue weighted by molar-refractivity contribution is 0.241. The van der Waals surface area contributed by atoms with Gasteiger partial charge in [-0.05, 0) is 19.3 Å². The molecule has 0 amide bonds. The summed E-state index contributed by atoms with van der Waals surface area (Å²) < 4.78 is 0. The van der Waals surface area contributed by atoms with Crippen molar-refractivity contribution in [2.45, 2.75) is 39.3 Å². The van der Waals surface area contributed by atoms with Crippen LogP contribution in [0.5, 0.6) is 0 Å². The molecule has 0 saturated carbocycles. The lowest BCUT2D eigenvalue weighted by Gasteiger charge is -2.24. The maximum atomic E-state index is 8.81. The topological polar surface area (TPSA) is 32.3 Å². The zero-order valence-corrected chi connectivity index (χ0v) is 8.38. The largest absolute Gasteiger partial charge is 0.396 e. The first-order valence-corrected chi connectivity index (χ1v) is 4.61. The molecular weight excluding hydrogens is 150 g/mol. The molecule has 2 unspecified atom stereocenters. The van der Waals surface area contributed by atoms with Gasteiger partial charge in [-0.15, -0.1) is 6.58 Å². The Morgan fingerprint density at radius 3 is 2.33 bits per heavy atom. The third kappa shape index (κ3) is 4.52. The Bertz CT molecular complexity index is 123. The van der Waals surface area contributed by atoms with Crippen LogP contribution in [0.1, 0.15) is 27.2 Å². The summed E-state index contributed by atoms with van der Waals surface area (Å²) in [6, 6.07) is 0.715. The molecule has 0 aliphatic carbocycles. The average molecular weight is 171 g/mol. The fourth-order valence-electron chi connectivity index (χ4n) is 1.15. The van der Waals surface area contributed by atoms with Crippen molar-refractivity contribution in [2.75, 3.05) is 6.61 Å². The third-order valence-electron chi connectivity index (χ3n) is 2.08. The quantitative estimate of drug-likeness (QED) is 0.594. The van der Waals surface area contributed by atoms with E-state index in [2.05, 4.69) is 32.7 Å². The number of aliphatic hydroxyl groups excluding tert-OH is 1. The molecule has 0 rings (SSSR count). The first-order chi connectivity index (χ1) is 5.61. The van der Waals surface area contributed by atoms with Crippen LogP contribution in [-0.2, 0) is 0 Å². The van der Waals surface area contributed by atoms with E-state index in [-0.39, 0.29) is 6.61 Å². The third-order valence-corrected chi connectivity index (χ3v) is 2.08. The van der Waals surface area contributed by atoms with Gasteiger partial charge in [0.15, 0.2) is 0 Å². The van der Waals surface area contributed by atoms with E-state index >= 15 is 0 Å². The summed E-state index contributed by atoms with van der Waals surface area (Å²) in [4.78, 5) is 0. The standard InChI is InChI=1S/C10H21NO/c1-5-9(4)11-10(6-7-12)8(2)3/h5,8-12H,1,6-7H2,2-4H3. The van der Waals surface area contributed by atoms with Gasteiger partial charge in [0.2, 0.25) is 0 Å². The van der Waals surface area contributed by atoms with E-state index < -0.39 is 0 Å². The Morgan fingerprint density at radius 2 is 2.00 bits per heavy atom. The average Bonchev–Trinajstić information content (AvgIpc) is 2.03. The monoisotopic (exact) mass is 171 g/mol. The molecule has 2 atom stereocenters. The molecule has 2 N–H and O–H groups in total. The number of aliphatic hydroxyl groups is 1. The molecular formula is C10H21NO. The van der Waals surface area contributed by atoms with Crippen LogP contribution in [0.15, 0.2) is 12.7 Å². The highest BCUT2D eigenvalue weighted by molar-refractivity contribution is 4.85. The number of hydrogen-bond acceptors (Lipinski definition) is 2. The van der Waals surface area contributed by atoms with Gasteiger partial charge in [0, 0.05) is 18.7 Å². The minimum Gasteiger partial charge on any atom is -0.396 e. The molecule has 0 fully saturated rings. The van der Waals surface area contributed by atoms with E-state index in [0.717, 1.165) is 6.42 Å². The molecule has 0 aliphatic rings. The van der Waals surface area contributed by atoms with Crippen LogP contribution in [0.3, 0.4) is 0 Å². The van der Waals surface area contributed by atoms with Crippen LogP contribution < -0.4 is 5.32 Å². The van der Waals surface area contributed by atoms with Gasteiger partial charge in [0.05, 0.1) is 0 Å². The molecule has 2 heteroatoms. The fourth-order valence-corrected chi connectivity index (χ4v) is 1.15. The molecule has 0 spiro atoms. The number of nitrogens with one attached hydrogen (secondary N) is 1. The predicted octanol–water partition coefficient (Wildman–Crippen LogP) is 1.56. The van der Waals surface area contributed by atoms with Crippen LogP contribution in [-0.4, -0.2) is 23.8 Å². The normalized spacial score (nSPS) is 16.1. The highest BCUT2D eigenvalue weighted by Gasteiger charge is 2.13. The molecule has 2 nitrogen and oxygen atoms in total. The second kappa shape index (κ2) is 6.21. The SMILES string of the molecule is C=CC(C)NC(CCO)C(C)C. The highest BCUT2D eigenvalue weighted by Crippen LogP contribution is 2.06. The van der Waals surface area contributed by atoms with Crippen molar-refractivity contribution in [3.8, 4) is 0 Å². The van der Waals surface area contributed by atoms with E-state index in [1.54, 1.807) is 0 Å². The van der Waals surface area contributed by atoms with Crippen molar-refractivity contribution < 1.29 is 5.11 Å². The molecule has 0 saturated heterocycles. The minimum absolute atomic E-state index is 0.250. The highest BCUT2D eigenvalue weighted by atomic mass is 16.3. The van der Waals surface area contributed by atoms with E-state index in [4.69, 9.17) is 5.11 Å².